The van der Waals surface area contributed by atoms with E-state index >= 15 is 0 Å². The fraction of sp³-hybridized carbons (Fsp3) is 0. The summed E-state index contributed by atoms with van der Waals surface area (Å²) in [6.45, 7) is 0. The van der Waals surface area contributed by atoms with E-state index in [0.717, 1.165) is 12.1 Å². The number of carbonyl (C=O) groups excluding carboxylic acids is 1. The summed E-state index contributed by atoms with van der Waals surface area (Å²) in [4.78, 5) is 11.4. The van der Waals surface area contributed by atoms with Crippen LogP contribution in [0, 0.1) is 0 Å². The van der Waals surface area contributed by atoms with Crippen molar-refractivity contribution in [3.05, 3.63) is 48.0 Å². The zero-order chi connectivity index (χ0) is 19.1. The van der Waals surface area contributed by atoms with Crippen molar-refractivity contribution in [1.29, 1.82) is 0 Å². The first kappa shape index (κ1) is 21.5. The molecule has 0 aromatic heterocycles. The van der Waals surface area contributed by atoms with E-state index in [1.807, 2.05) is 0 Å². The Morgan fingerprint density at radius 3 is 2.15 bits per heavy atom. The molecule has 0 atom stereocenters. The molecule has 13 heteroatoms. The van der Waals surface area contributed by atoms with Crippen molar-refractivity contribution in [3.8, 4) is 0 Å². The smallest absolute Gasteiger partial charge is 0.744 e. The van der Waals surface area contributed by atoms with Crippen molar-refractivity contribution in [1.82, 2.24) is 0 Å². The normalized spacial score (nSPS) is 15.0. The molecule has 0 spiro atoms. The molecule has 27 heavy (non-hydrogen) atoms. The number of nitrogens with zero attached hydrogens (tertiary/aromatic N) is 1. The van der Waals surface area contributed by atoms with Gasteiger partial charge in [-0.1, -0.05) is 0 Å². The molecule has 2 aromatic rings. The van der Waals surface area contributed by atoms with Crippen LogP contribution in [0.2, 0.25) is 0 Å². The van der Waals surface area contributed by atoms with E-state index in [1.54, 1.807) is 0 Å². The van der Waals surface area contributed by atoms with Crippen molar-refractivity contribution >= 4 is 43.1 Å². The van der Waals surface area contributed by atoms with Crippen molar-refractivity contribution in [2.45, 2.75) is 9.79 Å². The van der Waals surface area contributed by atoms with Gasteiger partial charge in [-0.05, 0) is 42.5 Å². The summed E-state index contributed by atoms with van der Waals surface area (Å²) in [5.74, 6) is -0.589. The van der Waals surface area contributed by atoms with Gasteiger partial charge in [0.05, 0.1) is 21.2 Å². The molecule has 136 valence electrons. The van der Waals surface area contributed by atoms with Gasteiger partial charge in [-0.15, -0.1) is 0 Å². The van der Waals surface area contributed by atoms with Crippen LogP contribution in [-0.2, 0) is 24.9 Å². The van der Waals surface area contributed by atoms with Crippen LogP contribution in [0.5, 0.6) is 0 Å². The second-order valence-electron chi connectivity index (χ2n) is 5.26. The minimum atomic E-state index is -4.68. The molecule has 0 bridgehead atoms. The molecular formula is C14H11N4NaO6S2. The van der Waals surface area contributed by atoms with Gasteiger partial charge in [-0.3, -0.25) is 10.2 Å². The predicted molar refractivity (Wildman–Crippen MR) is 91.0 cm³/mol. The molecule has 10 nitrogen and oxygen atoms in total. The minimum Gasteiger partial charge on any atom is -0.744 e. The van der Waals surface area contributed by atoms with Gasteiger partial charge in [0.25, 0.3) is 5.91 Å². The average Bonchev–Trinajstić information content (AvgIpc) is 2.86. The summed E-state index contributed by atoms with van der Waals surface area (Å²) in [6.07, 6.45) is 0. The summed E-state index contributed by atoms with van der Waals surface area (Å²) in [5, 5.41) is 11.4. The summed E-state index contributed by atoms with van der Waals surface area (Å²) in [7, 11) is -8.52. The zero-order valence-corrected chi connectivity index (χ0v) is 17.5. The third-order valence-electron chi connectivity index (χ3n) is 3.48. The molecule has 0 saturated heterocycles. The van der Waals surface area contributed by atoms with Crippen LogP contribution in [-0.4, -0.2) is 33.0 Å². The number of hydrogen-bond donors (Lipinski definition) is 3. The third-order valence-corrected chi connectivity index (χ3v) is 5.24. The van der Waals surface area contributed by atoms with E-state index in [-0.39, 0.29) is 45.7 Å². The van der Waals surface area contributed by atoms with Crippen molar-refractivity contribution < 1.29 is 55.7 Å². The molecule has 1 aliphatic rings. The van der Waals surface area contributed by atoms with Gasteiger partial charge in [0.2, 0.25) is 10.0 Å². The maximum absolute atomic E-state index is 12.0. The Balaban J connectivity index is 0.00000261. The van der Waals surface area contributed by atoms with Gasteiger partial charge >= 0.3 is 29.6 Å². The van der Waals surface area contributed by atoms with E-state index in [9.17, 15) is 26.2 Å². The van der Waals surface area contributed by atoms with Crippen LogP contribution >= 0.6 is 0 Å². The van der Waals surface area contributed by atoms with Crippen LogP contribution in [0.1, 0.15) is 5.56 Å². The molecule has 1 amide bonds. The Bertz CT molecular complexity index is 1140. The van der Waals surface area contributed by atoms with E-state index in [0.29, 0.717) is 11.4 Å². The number of anilines is 2. The molecule has 3 rings (SSSR count). The average molecular weight is 418 g/mol. The fourth-order valence-electron chi connectivity index (χ4n) is 2.24. The van der Waals surface area contributed by atoms with E-state index in [2.05, 4.69) is 15.8 Å². The van der Waals surface area contributed by atoms with Crippen molar-refractivity contribution in [2.75, 3.05) is 10.7 Å². The number of nitrogens with two attached hydrogens (primary N) is 1. The van der Waals surface area contributed by atoms with Gasteiger partial charge in [-0.25, -0.2) is 22.0 Å². The molecule has 2 aromatic carbocycles. The fourth-order valence-corrected chi connectivity index (χ4v) is 3.25. The van der Waals surface area contributed by atoms with Crippen LogP contribution in [0.4, 0.5) is 11.4 Å². The van der Waals surface area contributed by atoms with Crippen LogP contribution in [0.3, 0.4) is 0 Å². The number of sulfonamides is 1. The first-order valence-electron chi connectivity index (χ1n) is 6.94. The second kappa shape index (κ2) is 7.67. The number of rotatable bonds is 4. The number of nitrogens with one attached hydrogen (secondary N) is 2. The molecule has 1 aliphatic heterocycles. The maximum atomic E-state index is 12.0. The predicted octanol–water partition coefficient (Wildman–Crippen LogP) is -2.99. The van der Waals surface area contributed by atoms with Gasteiger partial charge in [0.1, 0.15) is 10.1 Å². The summed E-state index contributed by atoms with van der Waals surface area (Å²) < 4.78 is 55.8. The van der Waals surface area contributed by atoms with E-state index in [1.165, 1.54) is 30.3 Å². The van der Waals surface area contributed by atoms with Gasteiger partial charge in [-0.2, -0.15) is 5.10 Å². The largest absolute Gasteiger partial charge is 1.00 e. The Morgan fingerprint density at radius 2 is 1.59 bits per heavy atom. The molecule has 1 heterocycles. The summed E-state index contributed by atoms with van der Waals surface area (Å²) in [5.41, 5.74) is 3.26. The van der Waals surface area contributed by atoms with Gasteiger partial charge in [0, 0.05) is 5.56 Å². The zero-order valence-electron chi connectivity index (χ0n) is 13.8. The molecular weight excluding hydrogens is 407 g/mol. The second-order valence-corrected chi connectivity index (χ2v) is 8.20. The molecule has 0 saturated carbocycles. The number of primary sulfonamides is 1. The van der Waals surface area contributed by atoms with Gasteiger partial charge in [0.15, 0.2) is 5.71 Å². The third kappa shape index (κ3) is 4.73. The topological polar surface area (TPSA) is 171 Å². The Labute approximate surface area is 176 Å². The quantitative estimate of drug-likeness (QED) is 0.270. The standard InChI is InChI=1S/C14H12N4O6S2.Na/c15-25(20,21)9-3-1-8(2-4-9)17-18-13-11-7-10(26(22,23)24)5-6-12(11)16-14(13)19;/h1-7,17H,(H2,15,20,21)(H,16,18,19)(H,22,23,24);/q;+1/p-1. The number of fused-ring (bicyclic) bond motifs is 1. The first-order valence-corrected chi connectivity index (χ1v) is 9.89. The Kier molecular flexibility index (Phi) is 6.11. The van der Waals surface area contributed by atoms with E-state index in [4.69, 9.17) is 5.14 Å². The van der Waals surface area contributed by atoms with Crippen LogP contribution < -0.4 is 45.4 Å². The van der Waals surface area contributed by atoms with Gasteiger partial charge < -0.3 is 9.87 Å². The van der Waals surface area contributed by atoms with Crippen LogP contribution in [0.25, 0.3) is 0 Å². The molecule has 0 fully saturated rings. The summed E-state index contributed by atoms with van der Waals surface area (Å²) >= 11 is 0. The molecule has 4 N–H and O–H groups in total. The minimum absolute atomic E-state index is 0. The summed E-state index contributed by atoms with van der Waals surface area (Å²) in [6, 6.07) is 8.71. The molecule has 0 aliphatic carbocycles. The van der Waals surface area contributed by atoms with E-state index < -0.39 is 30.9 Å². The molecule has 0 unspecified atom stereocenters. The number of carbonyl (C=O) groups is 1. The first-order chi connectivity index (χ1) is 12.1. The number of benzene rings is 2. The Hall–Kier alpha value is -1.80. The van der Waals surface area contributed by atoms with Crippen molar-refractivity contribution in [3.63, 3.8) is 0 Å². The number of hydrazone groups is 1. The monoisotopic (exact) mass is 418 g/mol. The maximum Gasteiger partial charge on any atom is 1.00 e. The number of amides is 1. The Morgan fingerprint density at radius 1 is 1.00 bits per heavy atom. The van der Waals surface area contributed by atoms with Crippen molar-refractivity contribution in [2.24, 2.45) is 10.2 Å². The number of hydrogen-bond acceptors (Lipinski definition) is 8. The SMILES string of the molecule is NS(=O)(=O)c1ccc(NN=C2C(=O)Nc3ccc(S(=O)(=O)[O-])cc32)cc1.[Na+]. The molecule has 0 radical (unpaired) electrons. The van der Waals surface area contributed by atoms with Crippen LogP contribution in [0.15, 0.2) is 57.4 Å².